The molecule has 0 amide bonds. The third-order valence-electron chi connectivity index (χ3n) is 10.2. The van der Waals surface area contributed by atoms with Crippen molar-refractivity contribution < 1.29 is 0 Å². The highest BCUT2D eigenvalue weighted by atomic mass is 14.5. The van der Waals surface area contributed by atoms with Crippen LogP contribution < -0.4 is 0 Å². The molecule has 0 saturated heterocycles. The van der Waals surface area contributed by atoms with Gasteiger partial charge in [0.2, 0.25) is 0 Å². The Labute approximate surface area is 267 Å². The Morgan fingerprint density at radius 3 is 1.20 bits per heavy atom. The second-order valence-electron chi connectivity index (χ2n) is 16.3. The van der Waals surface area contributed by atoms with Gasteiger partial charge >= 0.3 is 0 Å². The summed E-state index contributed by atoms with van der Waals surface area (Å²) in [7, 11) is 0. The molecule has 0 fully saturated rings. The quantitative estimate of drug-likeness (QED) is 0.226. The van der Waals surface area contributed by atoms with Crippen molar-refractivity contribution in [1.29, 1.82) is 0 Å². The van der Waals surface area contributed by atoms with Crippen LogP contribution in [0.25, 0.3) is 11.1 Å². The van der Waals surface area contributed by atoms with E-state index < -0.39 is 5.41 Å². The first-order chi connectivity index (χ1) is 20.6. The summed E-state index contributed by atoms with van der Waals surface area (Å²) in [5.74, 6) is 0.436. The van der Waals surface area contributed by atoms with Gasteiger partial charge < -0.3 is 0 Å². The highest BCUT2D eigenvalue weighted by Crippen LogP contribution is 2.62. The lowest BCUT2D eigenvalue weighted by atomic mass is 9.57. The van der Waals surface area contributed by atoms with E-state index in [4.69, 9.17) is 0 Å². The van der Waals surface area contributed by atoms with E-state index in [9.17, 15) is 0 Å². The first-order valence-corrected chi connectivity index (χ1v) is 16.5. The molecule has 4 aromatic rings. The first kappa shape index (κ1) is 30.4. The number of hydrogen-bond donors (Lipinski definition) is 0. The van der Waals surface area contributed by atoms with Gasteiger partial charge in [0.25, 0.3) is 0 Å². The van der Waals surface area contributed by atoms with E-state index in [0.717, 1.165) is 0 Å². The zero-order valence-electron chi connectivity index (χ0n) is 28.5. The summed E-state index contributed by atoms with van der Waals surface area (Å²) in [5.41, 5.74) is 13.8. The van der Waals surface area contributed by atoms with Crippen LogP contribution in [0.1, 0.15) is 109 Å². The van der Waals surface area contributed by atoms with Crippen LogP contribution in [0.15, 0.2) is 120 Å². The van der Waals surface area contributed by atoms with Gasteiger partial charge in [0.15, 0.2) is 0 Å². The molecular formula is C44H50. The highest BCUT2D eigenvalue weighted by Gasteiger charge is 2.52. The molecule has 2 aliphatic rings. The van der Waals surface area contributed by atoms with Crippen molar-refractivity contribution in [3.8, 4) is 11.1 Å². The summed E-state index contributed by atoms with van der Waals surface area (Å²) in [4.78, 5) is 0. The lowest BCUT2D eigenvalue weighted by Gasteiger charge is -2.45. The van der Waals surface area contributed by atoms with Crippen molar-refractivity contribution in [3.05, 3.63) is 154 Å². The molecule has 0 heterocycles. The third kappa shape index (κ3) is 4.92. The van der Waals surface area contributed by atoms with E-state index in [1.54, 1.807) is 0 Å². The topological polar surface area (TPSA) is 0 Å². The summed E-state index contributed by atoms with van der Waals surface area (Å²) >= 11 is 0. The minimum Gasteiger partial charge on any atom is -0.0738 e. The lowest BCUT2D eigenvalue weighted by molar-refractivity contribution is 0.497. The predicted molar refractivity (Wildman–Crippen MR) is 190 cm³/mol. The molecule has 0 radical (unpaired) electrons. The summed E-state index contributed by atoms with van der Waals surface area (Å²) in [5, 5.41) is 0. The zero-order valence-corrected chi connectivity index (χ0v) is 28.5. The molecular weight excluding hydrogens is 528 g/mol. The molecule has 0 saturated carbocycles. The number of rotatable bonds is 4. The van der Waals surface area contributed by atoms with Crippen LogP contribution in [0.2, 0.25) is 0 Å². The van der Waals surface area contributed by atoms with Crippen LogP contribution in [0.3, 0.4) is 0 Å². The van der Waals surface area contributed by atoms with Crippen LogP contribution >= 0.6 is 0 Å². The number of allylic oxidation sites excluding steroid dienone is 4. The SMILES string of the molecule is CC1C=C(C(C)(C)C)C=C1C(c1ccc(C(C)(C)C)cc1)(c1ccc(C(C)(C)C)cc1)C1c2ccccc2-c2ccccc21. The van der Waals surface area contributed by atoms with Gasteiger partial charge in [-0.05, 0) is 77.8 Å². The lowest BCUT2D eigenvalue weighted by Crippen LogP contribution is -2.39. The van der Waals surface area contributed by atoms with Crippen molar-refractivity contribution in [2.24, 2.45) is 11.3 Å². The maximum Gasteiger partial charge on any atom is 0.0529 e. The van der Waals surface area contributed by atoms with E-state index in [0.29, 0.717) is 5.92 Å². The van der Waals surface area contributed by atoms with Crippen LogP contribution in [0.5, 0.6) is 0 Å². The zero-order chi connectivity index (χ0) is 31.7. The molecule has 1 atom stereocenters. The summed E-state index contributed by atoms with van der Waals surface area (Å²) in [6, 6.07) is 37.7. The monoisotopic (exact) mass is 578 g/mol. The second kappa shape index (κ2) is 10.5. The van der Waals surface area contributed by atoms with E-state index >= 15 is 0 Å². The Morgan fingerprint density at radius 1 is 0.455 bits per heavy atom. The summed E-state index contributed by atoms with van der Waals surface area (Å²) < 4.78 is 0. The van der Waals surface area contributed by atoms with Gasteiger partial charge in [-0.15, -0.1) is 0 Å². The van der Waals surface area contributed by atoms with Crippen molar-refractivity contribution in [2.45, 2.75) is 91.4 Å². The van der Waals surface area contributed by atoms with E-state index in [1.165, 1.54) is 55.7 Å². The Hall–Kier alpha value is -3.64. The molecule has 44 heavy (non-hydrogen) atoms. The standard InChI is InChI=1S/C44H50/c1-29-27-34(43(8,9)10)28-39(29)44(32-23-19-30(20-24-32)41(2,3)4,33-25-21-31(22-26-33)42(5,6)7)40-37-17-13-11-15-35(37)36-16-12-14-18-38(36)40/h11-29,40H,1-10H3. The Morgan fingerprint density at radius 2 is 0.841 bits per heavy atom. The predicted octanol–water partition coefficient (Wildman–Crippen LogP) is 11.9. The van der Waals surface area contributed by atoms with Gasteiger partial charge in [-0.2, -0.15) is 0 Å². The largest absolute Gasteiger partial charge is 0.0738 e. The molecule has 4 aromatic carbocycles. The van der Waals surface area contributed by atoms with Crippen LogP contribution in [-0.4, -0.2) is 0 Å². The van der Waals surface area contributed by atoms with Gasteiger partial charge in [-0.1, -0.05) is 178 Å². The van der Waals surface area contributed by atoms with Gasteiger partial charge in [0, 0.05) is 5.92 Å². The molecule has 0 nitrogen and oxygen atoms in total. The van der Waals surface area contributed by atoms with Crippen molar-refractivity contribution in [2.75, 3.05) is 0 Å². The first-order valence-electron chi connectivity index (χ1n) is 16.5. The van der Waals surface area contributed by atoms with Crippen LogP contribution in [0.4, 0.5) is 0 Å². The maximum atomic E-state index is 2.57. The average Bonchev–Trinajstić information content (AvgIpc) is 3.53. The normalized spacial score (nSPS) is 17.3. The highest BCUT2D eigenvalue weighted by molar-refractivity contribution is 5.82. The maximum absolute atomic E-state index is 2.57. The van der Waals surface area contributed by atoms with Gasteiger partial charge in [-0.25, -0.2) is 0 Å². The fourth-order valence-corrected chi connectivity index (χ4v) is 7.73. The summed E-state index contributed by atoms with van der Waals surface area (Å²) in [6.07, 6.45) is 5.10. The third-order valence-corrected chi connectivity index (χ3v) is 10.2. The molecule has 1 unspecified atom stereocenters. The van der Waals surface area contributed by atoms with Crippen LogP contribution in [-0.2, 0) is 16.2 Å². The minimum absolute atomic E-state index is 0.0689. The van der Waals surface area contributed by atoms with Gasteiger partial charge in [0.05, 0.1) is 5.41 Å². The van der Waals surface area contributed by atoms with Crippen LogP contribution in [0, 0.1) is 11.3 Å². The molecule has 0 aromatic heterocycles. The summed E-state index contributed by atoms with van der Waals surface area (Å²) in [6.45, 7) is 23.3. The van der Waals surface area contributed by atoms with Gasteiger partial charge in [-0.3, -0.25) is 0 Å². The van der Waals surface area contributed by atoms with Gasteiger partial charge in [0.1, 0.15) is 0 Å². The smallest absolute Gasteiger partial charge is 0.0529 e. The molecule has 0 heteroatoms. The van der Waals surface area contributed by atoms with Crippen molar-refractivity contribution in [3.63, 3.8) is 0 Å². The van der Waals surface area contributed by atoms with E-state index in [1.807, 2.05) is 0 Å². The second-order valence-corrected chi connectivity index (χ2v) is 16.3. The van der Waals surface area contributed by atoms with E-state index in [-0.39, 0.29) is 22.2 Å². The number of benzene rings is 4. The minimum atomic E-state index is -0.404. The Bertz CT molecular complexity index is 1630. The molecule has 0 bridgehead atoms. The molecule has 0 spiro atoms. The Balaban J connectivity index is 1.75. The number of fused-ring (bicyclic) bond motifs is 3. The Kier molecular flexibility index (Phi) is 7.23. The van der Waals surface area contributed by atoms with Crippen molar-refractivity contribution >= 4 is 0 Å². The fraction of sp³-hybridized carbons (Fsp3) is 0.364. The molecule has 226 valence electrons. The van der Waals surface area contributed by atoms with E-state index in [2.05, 4.69) is 178 Å². The molecule has 0 N–H and O–H groups in total. The molecule has 6 rings (SSSR count). The van der Waals surface area contributed by atoms with Crippen molar-refractivity contribution in [1.82, 2.24) is 0 Å². The fourth-order valence-electron chi connectivity index (χ4n) is 7.73. The number of hydrogen-bond acceptors (Lipinski definition) is 0. The average molecular weight is 579 g/mol. The molecule has 2 aliphatic carbocycles. The molecule has 0 aliphatic heterocycles.